The van der Waals surface area contributed by atoms with E-state index in [0.29, 0.717) is 0 Å². The highest BCUT2D eigenvalue weighted by Crippen LogP contribution is 2.28. The number of para-hydroxylation sites is 2. The summed E-state index contributed by atoms with van der Waals surface area (Å²) in [6, 6.07) is 8.68. The Morgan fingerprint density at radius 1 is 1.17 bits per heavy atom. The van der Waals surface area contributed by atoms with Crippen LogP contribution in [0.25, 0.3) is 11.0 Å². The summed E-state index contributed by atoms with van der Waals surface area (Å²) in [5.41, 5.74) is 3.99. The molecule has 0 spiro atoms. The van der Waals surface area contributed by atoms with Gasteiger partial charge in [0.15, 0.2) is 0 Å². The van der Waals surface area contributed by atoms with Crippen LogP contribution in [0, 0.1) is 5.41 Å². The molecule has 1 aromatic heterocycles. The predicted molar refractivity (Wildman–Crippen MR) is 96.5 cm³/mol. The van der Waals surface area contributed by atoms with E-state index in [0.717, 1.165) is 38.7 Å². The third kappa shape index (κ3) is 2.92. The van der Waals surface area contributed by atoms with E-state index in [9.17, 15) is 0 Å². The van der Waals surface area contributed by atoms with Crippen LogP contribution >= 0.6 is 0 Å². The van der Waals surface area contributed by atoms with Gasteiger partial charge in [-0.05, 0) is 25.2 Å². The van der Waals surface area contributed by atoms with E-state index < -0.39 is 0 Å². The molecule has 4 heteroatoms. The summed E-state index contributed by atoms with van der Waals surface area (Å²) in [5, 5.41) is 0. The molecular formula is C19H29N4+. The van der Waals surface area contributed by atoms with Gasteiger partial charge >= 0.3 is 5.95 Å². The minimum atomic E-state index is 0.122. The lowest BCUT2D eigenvalue weighted by Gasteiger charge is -2.17. The van der Waals surface area contributed by atoms with Crippen LogP contribution in [-0.2, 0) is 13.1 Å². The van der Waals surface area contributed by atoms with Crippen LogP contribution in [0.5, 0.6) is 0 Å². The number of nitrogens with zero attached hydrogens (tertiary/aromatic N) is 4. The molecule has 0 atom stereocenters. The first-order valence-electron chi connectivity index (χ1n) is 8.77. The van der Waals surface area contributed by atoms with Crippen LogP contribution in [0.15, 0.2) is 29.3 Å². The third-order valence-electron chi connectivity index (χ3n) is 4.89. The maximum Gasteiger partial charge on any atom is 0.400 e. The Hall–Kier alpha value is -1.68. The molecule has 124 valence electrons. The van der Waals surface area contributed by atoms with Crippen LogP contribution in [0.2, 0.25) is 0 Å². The molecule has 0 radical (unpaired) electrons. The molecule has 0 fully saturated rings. The number of likely N-dealkylation sites (N-methyl/N-ethyl adjacent to an activating group) is 1. The normalized spacial score (nSPS) is 14.6. The van der Waals surface area contributed by atoms with Crippen molar-refractivity contribution in [3.8, 4) is 0 Å². The Bertz CT molecular complexity index is 730. The van der Waals surface area contributed by atoms with E-state index in [1.165, 1.54) is 16.7 Å². The Balaban J connectivity index is 2.02. The molecule has 0 bridgehead atoms. The van der Waals surface area contributed by atoms with Gasteiger partial charge in [-0.3, -0.25) is 0 Å². The standard InChI is InChI=1S/C19H29N4/c1-6-21(7-2)12-13-22-15-10-8-9-11-16(15)23-14-17(19(3,4)5)20-18(22)23/h8-11H,6-7,12-14H2,1-5H3/q+1. The highest BCUT2D eigenvalue weighted by molar-refractivity contribution is 5.92. The second-order valence-electron chi connectivity index (χ2n) is 7.36. The van der Waals surface area contributed by atoms with Gasteiger partial charge in [0.2, 0.25) is 0 Å². The van der Waals surface area contributed by atoms with Gasteiger partial charge in [0, 0.05) is 12.0 Å². The number of imidazole rings is 1. The molecule has 2 aromatic rings. The largest absolute Gasteiger partial charge is 0.400 e. The summed E-state index contributed by atoms with van der Waals surface area (Å²) in [6.07, 6.45) is 0. The molecule has 0 saturated carbocycles. The molecule has 0 aliphatic carbocycles. The van der Waals surface area contributed by atoms with Crippen LogP contribution in [0.4, 0.5) is 5.95 Å². The van der Waals surface area contributed by atoms with E-state index in [4.69, 9.17) is 4.99 Å². The van der Waals surface area contributed by atoms with Crippen molar-refractivity contribution >= 4 is 22.7 Å². The maximum absolute atomic E-state index is 5.01. The first-order chi connectivity index (χ1) is 11.0. The van der Waals surface area contributed by atoms with Gasteiger partial charge < -0.3 is 4.90 Å². The molecule has 1 aromatic carbocycles. The predicted octanol–water partition coefficient (Wildman–Crippen LogP) is 3.40. The topological polar surface area (TPSA) is 24.4 Å². The van der Waals surface area contributed by atoms with Gasteiger partial charge in [0.1, 0.15) is 23.3 Å². The second-order valence-corrected chi connectivity index (χ2v) is 7.36. The first kappa shape index (κ1) is 16.2. The van der Waals surface area contributed by atoms with Crippen molar-refractivity contribution < 1.29 is 4.57 Å². The minimum absolute atomic E-state index is 0.122. The molecule has 4 nitrogen and oxygen atoms in total. The summed E-state index contributed by atoms with van der Waals surface area (Å²) in [5.74, 6) is 1.11. The molecule has 0 amide bonds. The molecule has 0 unspecified atom stereocenters. The number of hydrogen-bond donors (Lipinski definition) is 0. The summed E-state index contributed by atoms with van der Waals surface area (Å²) in [7, 11) is 0. The molecule has 0 N–H and O–H groups in total. The quantitative estimate of drug-likeness (QED) is 0.776. The van der Waals surface area contributed by atoms with Gasteiger partial charge in [0.25, 0.3) is 0 Å². The number of hydrogen-bond acceptors (Lipinski definition) is 2. The SMILES string of the molecule is CCN(CC)CCn1c2[n+](c3ccccc31)CC(C(C)(C)C)=N2. The van der Waals surface area contributed by atoms with E-state index in [1.807, 2.05) is 0 Å². The zero-order valence-electron chi connectivity index (χ0n) is 15.1. The van der Waals surface area contributed by atoms with E-state index >= 15 is 0 Å². The van der Waals surface area contributed by atoms with E-state index in [1.54, 1.807) is 0 Å². The fraction of sp³-hybridized carbons (Fsp3) is 0.579. The fourth-order valence-electron chi connectivity index (χ4n) is 3.27. The van der Waals surface area contributed by atoms with Crippen molar-refractivity contribution in [3.63, 3.8) is 0 Å². The van der Waals surface area contributed by atoms with Gasteiger partial charge in [-0.25, -0.2) is 9.13 Å². The monoisotopic (exact) mass is 313 g/mol. The second kappa shape index (κ2) is 6.08. The lowest BCUT2D eigenvalue weighted by molar-refractivity contribution is -0.638. The molecule has 1 aliphatic rings. The van der Waals surface area contributed by atoms with E-state index in [-0.39, 0.29) is 5.41 Å². The maximum atomic E-state index is 5.01. The number of aliphatic imine (C=N–C) groups is 1. The zero-order valence-corrected chi connectivity index (χ0v) is 15.1. The number of rotatable bonds is 5. The fourth-order valence-corrected chi connectivity index (χ4v) is 3.27. The molecule has 23 heavy (non-hydrogen) atoms. The molecule has 2 heterocycles. The van der Waals surface area contributed by atoms with E-state index in [2.05, 4.69) is 72.9 Å². The molecule has 3 rings (SSSR count). The highest BCUT2D eigenvalue weighted by Gasteiger charge is 2.36. The Morgan fingerprint density at radius 3 is 2.52 bits per heavy atom. The van der Waals surface area contributed by atoms with Crippen LogP contribution in [0.1, 0.15) is 34.6 Å². The summed E-state index contributed by atoms with van der Waals surface area (Å²) >= 11 is 0. The van der Waals surface area contributed by atoms with Crippen molar-refractivity contribution in [1.29, 1.82) is 0 Å². The van der Waals surface area contributed by atoms with Gasteiger partial charge in [-0.15, -0.1) is 0 Å². The van der Waals surface area contributed by atoms with Crippen molar-refractivity contribution in [3.05, 3.63) is 24.3 Å². The van der Waals surface area contributed by atoms with Crippen LogP contribution < -0.4 is 4.57 Å². The number of benzene rings is 1. The van der Waals surface area contributed by atoms with Crippen molar-refractivity contribution in [2.45, 2.75) is 47.7 Å². The highest BCUT2D eigenvalue weighted by atomic mass is 15.3. The molecule has 1 aliphatic heterocycles. The molecular weight excluding hydrogens is 284 g/mol. The van der Waals surface area contributed by atoms with Gasteiger partial charge in [0.05, 0.1) is 6.54 Å². The number of fused-ring (bicyclic) bond motifs is 3. The zero-order chi connectivity index (χ0) is 16.6. The minimum Gasteiger partial charge on any atom is -0.301 e. The smallest absolute Gasteiger partial charge is 0.301 e. The average molecular weight is 313 g/mol. The first-order valence-corrected chi connectivity index (χ1v) is 8.77. The van der Waals surface area contributed by atoms with Gasteiger partial charge in [-0.1, -0.05) is 51.7 Å². The molecule has 0 saturated heterocycles. The van der Waals surface area contributed by atoms with Crippen LogP contribution in [0.3, 0.4) is 0 Å². The third-order valence-corrected chi connectivity index (χ3v) is 4.89. The van der Waals surface area contributed by atoms with Crippen molar-refractivity contribution in [1.82, 2.24) is 9.47 Å². The average Bonchev–Trinajstić information content (AvgIpc) is 3.07. The van der Waals surface area contributed by atoms with Gasteiger partial charge in [-0.2, -0.15) is 0 Å². The lowest BCUT2D eigenvalue weighted by atomic mass is 9.90. The summed E-state index contributed by atoms with van der Waals surface area (Å²) < 4.78 is 4.77. The Kier molecular flexibility index (Phi) is 4.28. The van der Waals surface area contributed by atoms with Crippen molar-refractivity contribution in [2.75, 3.05) is 19.6 Å². The van der Waals surface area contributed by atoms with Crippen molar-refractivity contribution in [2.24, 2.45) is 10.4 Å². The lowest BCUT2D eigenvalue weighted by Crippen LogP contribution is -2.36. The summed E-state index contributed by atoms with van der Waals surface area (Å²) in [6.45, 7) is 16.4. The Morgan fingerprint density at radius 2 is 1.87 bits per heavy atom. The van der Waals surface area contributed by atoms with Crippen LogP contribution in [-0.4, -0.2) is 34.8 Å². The number of aromatic nitrogens is 2. The Labute approximate surface area is 139 Å². The summed E-state index contributed by atoms with van der Waals surface area (Å²) in [4.78, 5) is 7.48.